The number of alkyl halides is 2. The lowest BCUT2D eigenvalue weighted by Gasteiger charge is -2.01. The first-order valence-corrected chi connectivity index (χ1v) is 5.16. The van der Waals surface area contributed by atoms with Gasteiger partial charge in [0.1, 0.15) is 0 Å². The average molecular weight is 265 g/mol. The number of rotatable bonds is 4. The van der Waals surface area contributed by atoms with Gasteiger partial charge in [0, 0.05) is 14.2 Å². The Bertz CT molecular complexity index is 102. The molecule has 1 saturated heterocycles. The summed E-state index contributed by atoms with van der Waals surface area (Å²) in [4.78, 5) is 0. The summed E-state index contributed by atoms with van der Waals surface area (Å²) in [5.74, 6) is 0.911. The number of ether oxygens (including phenoxy) is 2. The van der Waals surface area contributed by atoms with Gasteiger partial charge in [0.2, 0.25) is 0 Å². The molecule has 0 aromatic heterocycles. The highest BCUT2D eigenvalue weighted by molar-refractivity contribution is 6.18. The molecule has 2 unspecified atom stereocenters. The quantitative estimate of drug-likeness (QED) is 0.590. The fourth-order valence-electron chi connectivity index (χ4n) is 0.394. The molecule has 2 atom stereocenters. The second-order valence-corrected chi connectivity index (χ2v) is 2.99. The van der Waals surface area contributed by atoms with Gasteiger partial charge in [0.05, 0.1) is 37.2 Å². The topological polar surface area (TPSA) is 62.2 Å². The summed E-state index contributed by atoms with van der Waals surface area (Å²) in [6.07, 6.45) is -0.108. The van der Waals surface area contributed by atoms with Crippen LogP contribution in [0, 0.1) is 0 Å². The average Bonchev–Trinajstić information content (AvgIpc) is 3.05. The maximum atomic E-state index is 8.60. The van der Waals surface area contributed by atoms with Gasteiger partial charge in [-0.3, -0.25) is 0 Å². The molecule has 15 heavy (non-hydrogen) atoms. The highest BCUT2D eigenvalue weighted by atomic mass is 35.5. The number of hydrogen-bond donors (Lipinski definition) is 2. The van der Waals surface area contributed by atoms with E-state index in [1.165, 1.54) is 7.11 Å². The molecule has 1 rings (SSSR count). The second-order valence-electron chi connectivity index (χ2n) is 2.37. The van der Waals surface area contributed by atoms with E-state index in [1.54, 1.807) is 0 Å². The van der Waals surface area contributed by atoms with Gasteiger partial charge in [-0.15, -0.1) is 23.2 Å². The van der Waals surface area contributed by atoms with Crippen molar-refractivity contribution in [2.24, 2.45) is 0 Å². The minimum atomic E-state index is -0.508. The SMILES string of the molecule is C.CO.COCC(O)CCl.ClCC1CO1. The van der Waals surface area contributed by atoms with Crippen LogP contribution in [0.5, 0.6) is 0 Å². The van der Waals surface area contributed by atoms with Crippen molar-refractivity contribution in [3.63, 3.8) is 0 Å². The summed E-state index contributed by atoms with van der Waals surface area (Å²) >= 11 is 10.5. The fourth-order valence-corrected chi connectivity index (χ4v) is 0.661. The number of halogens is 2. The molecule has 0 radical (unpaired) electrons. The fraction of sp³-hybridized carbons (Fsp3) is 1.00. The van der Waals surface area contributed by atoms with Crippen LogP contribution < -0.4 is 0 Å². The Kier molecular flexibility index (Phi) is 23.3. The predicted molar refractivity (Wildman–Crippen MR) is 63.9 cm³/mol. The molecule has 0 bridgehead atoms. The molecule has 0 saturated carbocycles. The maximum absolute atomic E-state index is 8.60. The number of methoxy groups -OCH3 is 1. The molecule has 96 valence electrons. The third kappa shape index (κ3) is 20.5. The minimum Gasteiger partial charge on any atom is -0.400 e. The van der Waals surface area contributed by atoms with Crippen molar-refractivity contribution in [1.82, 2.24) is 0 Å². The summed E-state index contributed by atoms with van der Waals surface area (Å²) in [7, 11) is 2.52. The molecular formula is C9H22Cl2O4. The van der Waals surface area contributed by atoms with Crippen molar-refractivity contribution in [2.45, 2.75) is 19.6 Å². The maximum Gasteiger partial charge on any atom is 0.0944 e. The summed E-state index contributed by atoms with van der Waals surface area (Å²) in [5.41, 5.74) is 0. The van der Waals surface area contributed by atoms with Crippen molar-refractivity contribution < 1.29 is 19.7 Å². The molecule has 4 nitrogen and oxygen atoms in total. The van der Waals surface area contributed by atoms with Crippen molar-refractivity contribution in [1.29, 1.82) is 0 Å². The minimum absolute atomic E-state index is 0. The van der Waals surface area contributed by atoms with Crippen LogP contribution >= 0.6 is 23.2 Å². The van der Waals surface area contributed by atoms with E-state index >= 15 is 0 Å². The molecule has 1 heterocycles. The lowest BCUT2D eigenvalue weighted by molar-refractivity contribution is 0.0786. The molecular weight excluding hydrogens is 243 g/mol. The van der Waals surface area contributed by atoms with E-state index in [9.17, 15) is 0 Å². The standard InChI is InChI=1S/C4H9ClO2.C3H5ClO.CH4O.CH4/c1-7-3-4(6)2-5;4-1-3-2-5-3;1-2;/h4,6H,2-3H2,1H3;3H,1-2H2;2H,1H3;1H4. The van der Waals surface area contributed by atoms with Crippen molar-refractivity contribution >= 4 is 23.2 Å². The van der Waals surface area contributed by atoms with Gasteiger partial charge in [-0.25, -0.2) is 0 Å². The van der Waals surface area contributed by atoms with Crippen LogP contribution in [0.1, 0.15) is 7.43 Å². The van der Waals surface area contributed by atoms with Crippen molar-refractivity contribution in [2.75, 3.05) is 39.2 Å². The lowest BCUT2D eigenvalue weighted by Crippen LogP contribution is -2.14. The van der Waals surface area contributed by atoms with Crippen LogP contribution in [-0.2, 0) is 9.47 Å². The van der Waals surface area contributed by atoms with Crippen LogP contribution in [0.3, 0.4) is 0 Å². The molecule has 2 N–H and O–H groups in total. The van der Waals surface area contributed by atoms with Gasteiger partial charge >= 0.3 is 0 Å². The second kappa shape index (κ2) is 16.8. The molecule has 6 heteroatoms. The Balaban J connectivity index is -0.000000159. The number of epoxide rings is 1. The summed E-state index contributed by atoms with van der Waals surface area (Å²) in [6, 6.07) is 0. The highest BCUT2D eigenvalue weighted by Crippen LogP contribution is 2.08. The number of hydrogen-bond acceptors (Lipinski definition) is 4. The van der Waals surface area contributed by atoms with E-state index in [-0.39, 0.29) is 13.3 Å². The molecule has 0 aliphatic carbocycles. The zero-order valence-electron chi connectivity index (χ0n) is 8.45. The monoisotopic (exact) mass is 264 g/mol. The molecule has 1 fully saturated rings. The molecule has 0 spiro atoms. The lowest BCUT2D eigenvalue weighted by atomic mass is 10.4. The van der Waals surface area contributed by atoms with Gasteiger partial charge in [-0.1, -0.05) is 7.43 Å². The summed E-state index contributed by atoms with van der Waals surface area (Å²) < 4.78 is 9.29. The van der Waals surface area contributed by atoms with E-state index in [4.69, 9.17) is 38.2 Å². The number of aliphatic hydroxyl groups is 2. The van der Waals surface area contributed by atoms with Gasteiger partial charge in [0.25, 0.3) is 0 Å². The first-order chi connectivity index (χ1) is 6.74. The molecule has 0 amide bonds. The van der Waals surface area contributed by atoms with E-state index in [1.807, 2.05) is 0 Å². The van der Waals surface area contributed by atoms with Gasteiger partial charge in [-0.2, -0.15) is 0 Å². The third-order valence-electron chi connectivity index (χ3n) is 1.11. The Labute approximate surface area is 102 Å². The third-order valence-corrected chi connectivity index (χ3v) is 1.81. The van der Waals surface area contributed by atoms with Crippen LogP contribution in [0.2, 0.25) is 0 Å². The van der Waals surface area contributed by atoms with E-state index in [2.05, 4.69) is 4.74 Å². The Morgan fingerprint density at radius 3 is 2.00 bits per heavy atom. The van der Waals surface area contributed by atoms with Crippen LogP contribution in [0.25, 0.3) is 0 Å². The zero-order valence-corrected chi connectivity index (χ0v) is 9.96. The van der Waals surface area contributed by atoms with Crippen LogP contribution in [0.15, 0.2) is 0 Å². The van der Waals surface area contributed by atoms with Crippen molar-refractivity contribution in [3.8, 4) is 0 Å². The highest BCUT2D eigenvalue weighted by Gasteiger charge is 2.19. The number of aliphatic hydroxyl groups excluding tert-OH is 2. The van der Waals surface area contributed by atoms with Crippen LogP contribution in [-0.4, -0.2) is 61.6 Å². The van der Waals surface area contributed by atoms with Gasteiger partial charge in [0.15, 0.2) is 0 Å². The van der Waals surface area contributed by atoms with E-state index in [0.29, 0.717) is 18.6 Å². The Morgan fingerprint density at radius 2 is 1.93 bits per heavy atom. The normalized spacial score (nSPS) is 18.4. The Morgan fingerprint density at radius 1 is 1.47 bits per heavy atom. The first kappa shape index (κ1) is 20.8. The molecule has 0 aromatic rings. The van der Waals surface area contributed by atoms with E-state index in [0.717, 1.165) is 13.7 Å². The van der Waals surface area contributed by atoms with Crippen molar-refractivity contribution in [3.05, 3.63) is 0 Å². The molecule has 1 aliphatic heterocycles. The largest absolute Gasteiger partial charge is 0.400 e. The zero-order chi connectivity index (χ0) is 11.4. The first-order valence-electron chi connectivity index (χ1n) is 4.09. The van der Waals surface area contributed by atoms with E-state index < -0.39 is 6.10 Å². The summed E-state index contributed by atoms with van der Waals surface area (Å²) in [5, 5.41) is 15.6. The van der Waals surface area contributed by atoms with Crippen LogP contribution in [0.4, 0.5) is 0 Å². The molecule has 0 aromatic carbocycles. The van der Waals surface area contributed by atoms with Gasteiger partial charge < -0.3 is 19.7 Å². The summed E-state index contributed by atoms with van der Waals surface area (Å²) in [6.45, 7) is 1.20. The van der Waals surface area contributed by atoms with Gasteiger partial charge in [-0.05, 0) is 0 Å². The smallest absolute Gasteiger partial charge is 0.0944 e. The predicted octanol–water partition coefficient (Wildman–Crippen LogP) is 1.10. The molecule has 1 aliphatic rings. The Hall–Kier alpha value is 0.420.